The van der Waals surface area contributed by atoms with Crippen molar-refractivity contribution in [3.8, 4) is 5.88 Å². The molecule has 0 spiro atoms. The molecule has 2 N–H and O–H groups in total. The first-order valence-corrected chi connectivity index (χ1v) is 19.7. The average Bonchev–Trinajstić information content (AvgIpc) is 3.64. The largest absolute Gasteiger partial charge is 0.459 e. The highest BCUT2D eigenvalue weighted by molar-refractivity contribution is 6.05. The van der Waals surface area contributed by atoms with Gasteiger partial charge in [0.25, 0.3) is 5.69 Å². The number of hydrogen-bond donors (Lipinski definition) is 2. The Bertz CT molecular complexity index is 1660. The Morgan fingerprint density at radius 2 is 1.51 bits per heavy atom. The van der Waals surface area contributed by atoms with Gasteiger partial charge in [-0.15, -0.1) is 0 Å². The second-order valence-electron chi connectivity index (χ2n) is 18.8. The van der Waals surface area contributed by atoms with Crippen LogP contribution in [0.25, 0.3) is 10.5 Å². The molecule has 0 radical (unpaired) electrons. The summed E-state index contributed by atoms with van der Waals surface area (Å²) in [5, 5.41) is 6.46. The maximum atomic E-state index is 14.7. The van der Waals surface area contributed by atoms with Gasteiger partial charge in [0.2, 0.25) is 11.8 Å². The Labute approximate surface area is 327 Å². The highest BCUT2D eigenvalue weighted by Gasteiger charge is 2.49. The minimum Gasteiger partial charge on any atom is -0.459 e. The first kappa shape index (κ1) is 44.0. The van der Waals surface area contributed by atoms with Gasteiger partial charge in [-0.05, 0) is 48.9 Å². The number of rotatable bonds is 12. The lowest BCUT2D eigenvalue weighted by Crippen LogP contribution is -2.50. The number of esters is 1. The Balaban J connectivity index is 1.83. The van der Waals surface area contributed by atoms with Crippen LogP contribution in [0, 0.1) is 40.6 Å². The third kappa shape index (κ3) is 10.2. The van der Waals surface area contributed by atoms with E-state index in [1.165, 1.54) is 23.6 Å². The number of hydrogen-bond acceptors (Lipinski definition) is 9. The van der Waals surface area contributed by atoms with Crippen molar-refractivity contribution in [3.63, 3.8) is 0 Å². The van der Waals surface area contributed by atoms with Crippen molar-refractivity contribution >= 4 is 29.3 Å². The summed E-state index contributed by atoms with van der Waals surface area (Å²) in [6, 6.07) is -0.284. The molecule has 2 aliphatic carbocycles. The van der Waals surface area contributed by atoms with E-state index >= 15 is 0 Å². The van der Waals surface area contributed by atoms with E-state index in [1.54, 1.807) is 7.11 Å². The van der Waals surface area contributed by atoms with Gasteiger partial charge >= 0.3 is 12.1 Å². The smallest absolute Gasteiger partial charge is 0.415 e. The number of H-pyrrole nitrogens is 1. The molecule has 2 fully saturated rings. The van der Waals surface area contributed by atoms with Gasteiger partial charge in [0.15, 0.2) is 5.65 Å². The molecule has 0 aromatic carbocycles. The predicted molar refractivity (Wildman–Crippen MR) is 209 cm³/mol. The maximum Gasteiger partial charge on any atom is 0.415 e. The number of carbonyl (C=O) groups excluding carboxylic acids is 3. The lowest BCUT2D eigenvalue weighted by atomic mass is 9.59. The van der Waals surface area contributed by atoms with Crippen LogP contribution in [0.1, 0.15) is 123 Å². The Morgan fingerprint density at radius 3 is 2.00 bits per heavy atom. The highest BCUT2D eigenvalue weighted by Crippen LogP contribution is 2.50. The van der Waals surface area contributed by atoms with E-state index in [0.29, 0.717) is 31.0 Å². The van der Waals surface area contributed by atoms with Gasteiger partial charge in [-0.3, -0.25) is 9.89 Å². The average molecular weight is 771 g/mol. The predicted octanol–water partition coefficient (Wildman–Crippen LogP) is 7.40. The molecule has 2 aromatic rings. The number of fused-ring (bicyclic) bond motifs is 1. The molecular weight excluding hydrogens is 704 g/mol. The molecule has 14 nitrogen and oxygen atoms in total. The number of amides is 2. The minimum atomic E-state index is -0.734. The fourth-order valence-electron chi connectivity index (χ4n) is 8.16. The molecule has 2 saturated carbocycles. The van der Waals surface area contributed by atoms with Crippen LogP contribution in [0.15, 0.2) is 0 Å². The summed E-state index contributed by atoms with van der Waals surface area (Å²) < 4.78 is 30.3. The molecule has 5 unspecified atom stereocenters. The summed E-state index contributed by atoms with van der Waals surface area (Å²) in [5.74, 6) is 0.0312. The van der Waals surface area contributed by atoms with E-state index in [4.69, 9.17) is 35.2 Å². The Hall–Kier alpha value is -3.67. The molecule has 0 saturated heterocycles. The third-order valence-electron chi connectivity index (χ3n) is 11.5. The van der Waals surface area contributed by atoms with Crippen LogP contribution in [0.4, 0.5) is 10.5 Å². The summed E-state index contributed by atoms with van der Waals surface area (Å²) in [4.78, 5) is 51.7. The molecule has 4 rings (SSSR count). The van der Waals surface area contributed by atoms with E-state index in [-0.39, 0.29) is 95.7 Å². The van der Waals surface area contributed by atoms with Gasteiger partial charge in [-0.2, -0.15) is 0 Å². The fourth-order valence-corrected chi connectivity index (χ4v) is 8.16. The van der Waals surface area contributed by atoms with Crippen molar-refractivity contribution in [2.75, 3.05) is 47.6 Å². The van der Waals surface area contributed by atoms with Gasteiger partial charge in [-0.1, -0.05) is 69.2 Å². The number of nitrogens with zero attached hydrogens (tertiary/aromatic N) is 4. The van der Waals surface area contributed by atoms with Crippen LogP contribution in [0.5, 0.6) is 5.88 Å². The number of methoxy groups -OCH3 is 3. The van der Waals surface area contributed by atoms with Crippen molar-refractivity contribution in [2.45, 2.75) is 126 Å². The lowest BCUT2D eigenvalue weighted by Gasteiger charge is -2.50. The quantitative estimate of drug-likeness (QED) is 0.166. The molecule has 2 aromatic heterocycles. The van der Waals surface area contributed by atoms with Crippen molar-refractivity contribution in [1.29, 1.82) is 0 Å². The first-order chi connectivity index (χ1) is 25.7. The second-order valence-corrected chi connectivity index (χ2v) is 18.8. The SMILES string of the molecule is [C-]#[N+]c1c(C(=O)OC2C(C(C)(C)C)CC(C)CC2C(C)(C)C)c2nc(C3CCC(OC)C(NC(=O)C(C)(C)C)C3)[nH]n2c1OC(=O)N(CCOC)CCOC. The van der Waals surface area contributed by atoms with Gasteiger partial charge in [-0.25, -0.2) is 23.9 Å². The zero-order valence-electron chi connectivity index (χ0n) is 35.5. The summed E-state index contributed by atoms with van der Waals surface area (Å²) >= 11 is 0. The van der Waals surface area contributed by atoms with Gasteiger partial charge < -0.3 is 33.9 Å². The van der Waals surface area contributed by atoms with E-state index in [0.717, 1.165) is 12.8 Å². The molecular formula is C41H66N6O8. The molecule has 0 bridgehead atoms. The number of nitrogens with one attached hydrogen (secondary N) is 2. The van der Waals surface area contributed by atoms with Crippen LogP contribution in [0.2, 0.25) is 0 Å². The van der Waals surface area contributed by atoms with Crippen LogP contribution >= 0.6 is 0 Å². The topological polar surface area (TPSA) is 150 Å². The van der Waals surface area contributed by atoms with Crippen LogP contribution in [-0.2, 0) is 23.7 Å². The van der Waals surface area contributed by atoms with Crippen molar-refractivity contribution in [1.82, 2.24) is 24.8 Å². The molecule has 0 aliphatic heterocycles. The first-order valence-electron chi connectivity index (χ1n) is 19.7. The van der Waals surface area contributed by atoms with Gasteiger partial charge in [0.1, 0.15) is 17.5 Å². The Morgan fingerprint density at radius 1 is 0.927 bits per heavy atom. The highest BCUT2D eigenvalue weighted by atomic mass is 16.6. The van der Waals surface area contributed by atoms with E-state index in [2.05, 4.69) is 63.7 Å². The maximum absolute atomic E-state index is 14.7. The summed E-state index contributed by atoms with van der Waals surface area (Å²) in [6.45, 7) is 30.2. The van der Waals surface area contributed by atoms with Crippen LogP contribution in [0.3, 0.4) is 0 Å². The number of ether oxygens (including phenoxy) is 5. The molecule has 2 heterocycles. The van der Waals surface area contributed by atoms with Crippen LogP contribution < -0.4 is 10.1 Å². The molecule has 2 amide bonds. The van der Waals surface area contributed by atoms with Crippen molar-refractivity contribution < 1.29 is 38.1 Å². The fraction of sp³-hybridized carbons (Fsp3) is 0.780. The zero-order valence-corrected chi connectivity index (χ0v) is 35.5. The Kier molecular flexibility index (Phi) is 14.1. The molecule has 14 heteroatoms. The van der Waals surface area contributed by atoms with E-state index in [1.807, 2.05) is 20.8 Å². The number of aromatic nitrogens is 3. The minimum absolute atomic E-state index is 0.0530. The van der Waals surface area contributed by atoms with Gasteiger partial charge in [0.05, 0.1) is 31.9 Å². The third-order valence-corrected chi connectivity index (χ3v) is 11.5. The summed E-state index contributed by atoms with van der Waals surface area (Å²) in [5.41, 5.74) is -0.980. The lowest BCUT2D eigenvalue weighted by molar-refractivity contribution is -0.130. The van der Waals surface area contributed by atoms with Crippen molar-refractivity contribution in [3.05, 3.63) is 22.8 Å². The summed E-state index contributed by atoms with van der Waals surface area (Å²) in [7, 11) is 4.73. The van der Waals surface area contributed by atoms with Crippen LogP contribution in [-0.4, -0.2) is 103 Å². The normalized spacial score (nSPS) is 25.0. The number of aromatic amines is 1. The molecule has 308 valence electrons. The van der Waals surface area contributed by atoms with E-state index in [9.17, 15) is 14.4 Å². The molecule has 5 atom stereocenters. The molecule has 2 aliphatic rings. The molecule has 55 heavy (non-hydrogen) atoms. The summed E-state index contributed by atoms with van der Waals surface area (Å²) in [6.07, 6.45) is 2.33. The standard InChI is InChI=1S/C41H66N6O8/c1-24-21-26(39(2,3)4)32(27(22-24)40(5,6)7)54-36(48)30-31(42-11)35(55-38(50)46(17-19-51-12)18-20-52-13)47-34(30)44-33(45-47)25-15-16-29(53-14)28(23-25)43-37(49)41(8,9)10/h24-29,32H,15-23H2,1-10,12-14H3,(H,43,49)(H,44,45). The van der Waals surface area contributed by atoms with E-state index < -0.39 is 23.6 Å². The zero-order chi connectivity index (χ0) is 41.0. The second kappa shape index (κ2) is 17.6. The van der Waals surface area contributed by atoms with Crippen molar-refractivity contribution in [2.24, 2.45) is 34.0 Å². The van der Waals surface area contributed by atoms with Gasteiger partial charge in [0, 0.05) is 57.6 Å². The monoisotopic (exact) mass is 770 g/mol. The number of carbonyl (C=O) groups is 3.